The first-order chi connectivity index (χ1) is 8.98. The summed E-state index contributed by atoms with van der Waals surface area (Å²) in [6, 6.07) is 10.5. The van der Waals surface area contributed by atoms with Crippen molar-refractivity contribution in [3.8, 4) is 0 Å². The lowest BCUT2D eigenvalue weighted by Gasteiger charge is -2.18. The lowest BCUT2D eigenvalue weighted by molar-refractivity contribution is 0.166. The molecule has 1 aromatic rings. The quantitative estimate of drug-likeness (QED) is 0.742. The second-order valence-corrected chi connectivity index (χ2v) is 6.81. The fourth-order valence-corrected chi connectivity index (χ4v) is 3.50. The van der Waals surface area contributed by atoms with Crippen LogP contribution in [0.15, 0.2) is 40.9 Å². The van der Waals surface area contributed by atoms with Gasteiger partial charge in [0, 0.05) is 13.0 Å². The third kappa shape index (κ3) is 3.16. The molecule has 0 aromatic heterocycles. The van der Waals surface area contributed by atoms with Crippen LogP contribution in [0, 0.1) is 17.3 Å². The lowest BCUT2D eigenvalue weighted by Crippen LogP contribution is -2.12. The molecular weight excluding hydrogens is 279 g/mol. The van der Waals surface area contributed by atoms with Gasteiger partial charge in [-0.2, -0.15) is 0 Å². The number of halogens is 2. The van der Waals surface area contributed by atoms with Gasteiger partial charge in [0.1, 0.15) is 4.49 Å². The van der Waals surface area contributed by atoms with Crippen molar-refractivity contribution in [3.05, 3.63) is 46.5 Å². The van der Waals surface area contributed by atoms with E-state index in [2.05, 4.69) is 38.1 Å². The first-order valence-electron chi connectivity index (χ1n) is 6.55. The highest BCUT2D eigenvalue weighted by Crippen LogP contribution is 2.65. The molecule has 1 nitrogen and oxygen atoms in total. The van der Waals surface area contributed by atoms with Gasteiger partial charge in [-0.05, 0) is 22.8 Å². The first kappa shape index (κ1) is 14.9. The van der Waals surface area contributed by atoms with Crippen LogP contribution in [-0.4, -0.2) is 13.7 Å². The Labute approximate surface area is 125 Å². The zero-order valence-corrected chi connectivity index (χ0v) is 13.1. The highest BCUT2D eigenvalue weighted by atomic mass is 35.5. The minimum Gasteiger partial charge on any atom is -0.384 e. The molecule has 3 heteroatoms. The maximum atomic E-state index is 5.83. The van der Waals surface area contributed by atoms with Gasteiger partial charge in [-0.1, -0.05) is 73.5 Å². The van der Waals surface area contributed by atoms with Crippen LogP contribution in [0.3, 0.4) is 0 Å². The Morgan fingerprint density at radius 1 is 1.32 bits per heavy atom. The molecule has 1 fully saturated rings. The molecule has 0 bridgehead atoms. The van der Waals surface area contributed by atoms with E-state index in [1.807, 2.05) is 12.1 Å². The second kappa shape index (κ2) is 5.87. The van der Waals surface area contributed by atoms with Crippen LogP contribution in [0.5, 0.6) is 0 Å². The van der Waals surface area contributed by atoms with Crippen molar-refractivity contribution in [1.82, 2.24) is 0 Å². The summed E-state index contributed by atoms with van der Waals surface area (Å²) in [4.78, 5) is 0. The molecule has 0 spiro atoms. The molecule has 0 saturated heterocycles. The molecule has 1 aliphatic carbocycles. The number of methoxy groups -OCH3 is 1. The van der Waals surface area contributed by atoms with Gasteiger partial charge in [0.2, 0.25) is 0 Å². The van der Waals surface area contributed by atoms with E-state index >= 15 is 0 Å². The van der Waals surface area contributed by atoms with E-state index < -0.39 is 0 Å². The molecule has 3 atom stereocenters. The van der Waals surface area contributed by atoms with Crippen LogP contribution in [-0.2, 0) is 4.74 Å². The Kier molecular flexibility index (Phi) is 4.60. The summed E-state index contributed by atoms with van der Waals surface area (Å²) in [6.45, 7) is 5.25. The topological polar surface area (TPSA) is 9.23 Å². The summed E-state index contributed by atoms with van der Waals surface area (Å²) in [7, 11) is 1.75. The third-order valence-electron chi connectivity index (χ3n) is 4.31. The fraction of sp³-hybridized carbons (Fsp3) is 0.500. The molecule has 2 rings (SSSR count). The van der Waals surface area contributed by atoms with Crippen molar-refractivity contribution in [2.24, 2.45) is 17.3 Å². The standard InChI is InChI=1S/C16H20Cl2O/c1-16(2)13(9-14(17)18)15(16)12(10-19-3)11-7-5-4-6-8-11/h4-9,12-13,15H,10H2,1-3H3. The Morgan fingerprint density at radius 2 is 1.95 bits per heavy atom. The maximum Gasteiger partial charge on any atom is 0.103 e. The van der Waals surface area contributed by atoms with Crippen LogP contribution in [0.1, 0.15) is 25.3 Å². The molecule has 0 aliphatic heterocycles. The number of ether oxygens (including phenoxy) is 1. The Balaban J connectivity index is 2.24. The van der Waals surface area contributed by atoms with E-state index in [4.69, 9.17) is 27.9 Å². The monoisotopic (exact) mass is 298 g/mol. The maximum absolute atomic E-state index is 5.83. The summed E-state index contributed by atoms with van der Waals surface area (Å²) >= 11 is 11.7. The summed E-state index contributed by atoms with van der Waals surface area (Å²) in [5, 5.41) is 0. The van der Waals surface area contributed by atoms with Gasteiger partial charge in [0.25, 0.3) is 0 Å². The van der Waals surface area contributed by atoms with E-state index in [-0.39, 0.29) is 5.41 Å². The summed E-state index contributed by atoms with van der Waals surface area (Å²) < 4.78 is 5.79. The van der Waals surface area contributed by atoms with Gasteiger partial charge in [0.15, 0.2) is 0 Å². The Bertz CT molecular complexity index is 449. The molecular formula is C16H20Cl2O. The number of hydrogen-bond acceptors (Lipinski definition) is 1. The van der Waals surface area contributed by atoms with Crippen LogP contribution in [0.4, 0.5) is 0 Å². The highest BCUT2D eigenvalue weighted by Gasteiger charge is 2.59. The summed E-state index contributed by atoms with van der Waals surface area (Å²) in [6.07, 6.45) is 1.97. The van der Waals surface area contributed by atoms with Gasteiger partial charge in [0.05, 0.1) is 6.61 Å². The largest absolute Gasteiger partial charge is 0.384 e. The van der Waals surface area contributed by atoms with Crippen LogP contribution in [0.2, 0.25) is 0 Å². The lowest BCUT2D eigenvalue weighted by atomic mass is 9.90. The third-order valence-corrected chi connectivity index (χ3v) is 4.56. The van der Waals surface area contributed by atoms with E-state index in [0.717, 1.165) is 6.61 Å². The number of benzene rings is 1. The molecule has 104 valence electrons. The summed E-state index contributed by atoms with van der Waals surface area (Å²) in [5.41, 5.74) is 1.54. The van der Waals surface area contributed by atoms with Gasteiger partial charge in [-0.3, -0.25) is 0 Å². The zero-order valence-electron chi connectivity index (χ0n) is 11.6. The predicted molar refractivity (Wildman–Crippen MR) is 81.6 cm³/mol. The molecule has 0 N–H and O–H groups in total. The smallest absolute Gasteiger partial charge is 0.103 e. The normalized spacial score (nSPS) is 25.7. The van der Waals surface area contributed by atoms with E-state index in [1.165, 1.54) is 5.56 Å². The van der Waals surface area contributed by atoms with Crippen molar-refractivity contribution in [1.29, 1.82) is 0 Å². The fourth-order valence-electron chi connectivity index (χ4n) is 3.23. The van der Waals surface area contributed by atoms with Crippen LogP contribution in [0.25, 0.3) is 0 Å². The predicted octanol–water partition coefficient (Wildman–Crippen LogP) is 5.01. The molecule has 0 radical (unpaired) electrons. The van der Waals surface area contributed by atoms with Crippen molar-refractivity contribution < 1.29 is 4.74 Å². The molecule has 19 heavy (non-hydrogen) atoms. The average Bonchev–Trinajstić information content (AvgIpc) is 2.88. The Morgan fingerprint density at radius 3 is 2.47 bits per heavy atom. The minimum absolute atomic E-state index is 0.216. The van der Waals surface area contributed by atoms with Crippen molar-refractivity contribution in [2.45, 2.75) is 19.8 Å². The van der Waals surface area contributed by atoms with Gasteiger partial charge < -0.3 is 4.74 Å². The van der Waals surface area contributed by atoms with E-state index in [0.29, 0.717) is 22.2 Å². The number of hydrogen-bond donors (Lipinski definition) is 0. The van der Waals surface area contributed by atoms with Crippen molar-refractivity contribution >= 4 is 23.2 Å². The highest BCUT2D eigenvalue weighted by molar-refractivity contribution is 6.55. The molecule has 1 aliphatic rings. The number of rotatable bonds is 5. The average molecular weight is 299 g/mol. The summed E-state index contributed by atoms with van der Waals surface area (Å²) in [5.74, 6) is 1.32. The van der Waals surface area contributed by atoms with Gasteiger partial charge >= 0.3 is 0 Å². The zero-order chi connectivity index (χ0) is 14.0. The van der Waals surface area contributed by atoms with E-state index in [9.17, 15) is 0 Å². The number of allylic oxidation sites excluding steroid dienone is 1. The molecule has 0 heterocycles. The second-order valence-electron chi connectivity index (χ2n) is 5.80. The van der Waals surface area contributed by atoms with Gasteiger partial charge in [-0.15, -0.1) is 0 Å². The Hall–Kier alpha value is -0.500. The SMILES string of the molecule is COCC(c1ccccc1)C1C(C=C(Cl)Cl)C1(C)C. The minimum atomic E-state index is 0.216. The molecule has 3 unspecified atom stereocenters. The van der Waals surface area contributed by atoms with Crippen molar-refractivity contribution in [3.63, 3.8) is 0 Å². The van der Waals surface area contributed by atoms with Gasteiger partial charge in [-0.25, -0.2) is 0 Å². The first-order valence-corrected chi connectivity index (χ1v) is 7.30. The van der Waals surface area contributed by atoms with E-state index in [1.54, 1.807) is 7.11 Å². The molecule has 1 saturated carbocycles. The molecule has 0 amide bonds. The molecule has 1 aromatic carbocycles. The van der Waals surface area contributed by atoms with Crippen LogP contribution >= 0.6 is 23.2 Å². The van der Waals surface area contributed by atoms with Crippen molar-refractivity contribution in [2.75, 3.05) is 13.7 Å². The van der Waals surface area contributed by atoms with Crippen LogP contribution < -0.4 is 0 Å².